The molecule has 2 aromatic rings. The normalized spacial score (nSPS) is 11.2. The lowest BCUT2D eigenvalue weighted by molar-refractivity contribution is -0.141. The Bertz CT molecular complexity index is 737. The number of aliphatic hydroxyl groups is 1. The highest BCUT2D eigenvalue weighted by Gasteiger charge is 2.36. The summed E-state index contributed by atoms with van der Waals surface area (Å²) in [4.78, 5) is 26.8. The fourth-order valence-electron chi connectivity index (χ4n) is 2.88. The number of carbonyl (C=O) groups is 2. The molecule has 0 bridgehead atoms. The maximum atomic E-state index is 13.0. The molecule has 1 heterocycles. The van der Waals surface area contributed by atoms with Crippen LogP contribution in [0.4, 0.5) is 5.69 Å². The maximum Gasteiger partial charge on any atom is 0.277 e. The first kappa shape index (κ1) is 20.1. The van der Waals surface area contributed by atoms with Gasteiger partial charge in [0.15, 0.2) is 0 Å². The van der Waals surface area contributed by atoms with E-state index in [1.54, 1.807) is 35.7 Å². The summed E-state index contributed by atoms with van der Waals surface area (Å²) < 4.78 is 0. The van der Waals surface area contributed by atoms with Crippen LogP contribution in [-0.2, 0) is 4.79 Å². The predicted molar refractivity (Wildman–Crippen MR) is 105 cm³/mol. The minimum Gasteiger partial charge on any atom is -0.380 e. The lowest BCUT2D eigenvalue weighted by Crippen LogP contribution is -2.55. The van der Waals surface area contributed by atoms with Crippen molar-refractivity contribution in [2.45, 2.75) is 52.1 Å². The number of amides is 2. The van der Waals surface area contributed by atoms with Crippen LogP contribution in [0.15, 0.2) is 41.8 Å². The van der Waals surface area contributed by atoms with E-state index in [2.05, 4.69) is 5.43 Å². The molecule has 0 spiro atoms. The van der Waals surface area contributed by atoms with Crippen LogP contribution in [0.5, 0.6) is 0 Å². The molecule has 1 aromatic heterocycles. The second kappa shape index (κ2) is 8.96. The van der Waals surface area contributed by atoms with Crippen LogP contribution in [-0.4, -0.2) is 22.5 Å². The Kier molecular flexibility index (Phi) is 6.94. The summed E-state index contributed by atoms with van der Waals surface area (Å²) in [5.74, 6) is -0.880. The first-order valence-electron chi connectivity index (χ1n) is 8.89. The largest absolute Gasteiger partial charge is 0.380 e. The average Bonchev–Trinajstić information content (AvgIpc) is 3.06. The third kappa shape index (κ3) is 4.71. The quantitative estimate of drug-likeness (QED) is 0.718. The Morgan fingerprint density at radius 1 is 1.15 bits per heavy atom. The smallest absolute Gasteiger partial charge is 0.277 e. The van der Waals surface area contributed by atoms with Gasteiger partial charge in [-0.2, -0.15) is 0 Å². The van der Waals surface area contributed by atoms with Crippen LogP contribution in [0, 0.1) is 6.92 Å². The summed E-state index contributed by atoms with van der Waals surface area (Å²) in [5.41, 5.74) is 2.22. The zero-order valence-corrected chi connectivity index (χ0v) is 16.3. The molecule has 0 saturated heterocycles. The summed E-state index contributed by atoms with van der Waals surface area (Å²) in [7, 11) is 0. The molecule has 0 fully saturated rings. The third-order valence-corrected chi connectivity index (χ3v) is 5.02. The molecule has 0 saturated carbocycles. The van der Waals surface area contributed by atoms with Gasteiger partial charge in [-0.15, -0.1) is 11.3 Å². The molecule has 2 N–H and O–H groups in total. The van der Waals surface area contributed by atoms with Gasteiger partial charge in [0.05, 0.1) is 11.3 Å². The summed E-state index contributed by atoms with van der Waals surface area (Å²) in [6.07, 6.45) is 2.04. The number of aryl methyl sites for hydroxylation is 1. The van der Waals surface area contributed by atoms with Gasteiger partial charge in [-0.05, 0) is 38.0 Å². The van der Waals surface area contributed by atoms with Gasteiger partial charge in [0.2, 0.25) is 0 Å². The molecule has 0 unspecified atom stereocenters. The minimum absolute atomic E-state index is 0.329. The number of rotatable bonds is 7. The number of nitrogens with one attached hydrogen (secondary N) is 1. The number of carbonyl (C=O) groups excluding carboxylic acids is 2. The minimum atomic E-state index is -1.48. The van der Waals surface area contributed by atoms with Crippen LogP contribution in [0.3, 0.4) is 0 Å². The Balaban J connectivity index is 2.32. The molecule has 140 valence electrons. The summed E-state index contributed by atoms with van der Waals surface area (Å²) in [6.45, 7) is 5.76. The van der Waals surface area contributed by atoms with E-state index in [4.69, 9.17) is 0 Å². The van der Waals surface area contributed by atoms with Crippen molar-refractivity contribution in [3.8, 4) is 0 Å². The van der Waals surface area contributed by atoms with E-state index in [1.807, 2.05) is 26.8 Å². The molecular weight excluding hydrogens is 348 g/mol. The van der Waals surface area contributed by atoms with Gasteiger partial charge in [-0.25, -0.2) is 5.01 Å². The lowest BCUT2D eigenvalue weighted by Gasteiger charge is -2.30. The van der Waals surface area contributed by atoms with Crippen LogP contribution in [0.1, 0.15) is 54.8 Å². The average molecular weight is 375 g/mol. The molecule has 2 rings (SSSR count). The fraction of sp³-hybridized carbons (Fsp3) is 0.400. The van der Waals surface area contributed by atoms with E-state index < -0.39 is 11.5 Å². The molecular formula is C20H26N2O3S. The Labute approximate surface area is 158 Å². The molecule has 26 heavy (non-hydrogen) atoms. The van der Waals surface area contributed by atoms with E-state index in [-0.39, 0.29) is 5.91 Å². The van der Waals surface area contributed by atoms with Gasteiger partial charge in [-0.1, -0.05) is 44.9 Å². The van der Waals surface area contributed by atoms with Crippen molar-refractivity contribution in [1.29, 1.82) is 0 Å². The van der Waals surface area contributed by atoms with E-state index >= 15 is 0 Å². The summed E-state index contributed by atoms with van der Waals surface area (Å²) in [5, 5.41) is 13.8. The van der Waals surface area contributed by atoms with E-state index in [0.717, 1.165) is 4.88 Å². The molecule has 0 atom stereocenters. The first-order chi connectivity index (χ1) is 12.4. The summed E-state index contributed by atoms with van der Waals surface area (Å²) >= 11 is 1.48. The second-order valence-electron chi connectivity index (χ2n) is 6.39. The molecule has 1 aromatic carbocycles. The standard InChI is InChI=1S/C20H26N2O3S/c1-4-11-20(25,12-5-2)19(24)21-22(17-9-7-6-8-10-17)18(23)16-13-15(3)26-14-16/h6-10,13-14,25H,4-5,11-12H2,1-3H3,(H,21,24). The van der Waals surface area contributed by atoms with Gasteiger partial charge >= 0.3 is 0 Å². The zero-order chi connectivity index (χ0) is 19.2. The number of para-hydroxylation sites is 1. The van der Waals surface area contributed by atoms with E-state index in [0.29, 0.717) is 36.9 Å². The van der Waals surface area contributed by atoms with Gasteiger partial charge in [0.1, 0.15) is 5.60 Å². The fourth-order valence-corrected chi connectivity index (χ4v) is 3.56. The lowest BCUT2D eigenvalue weighted by atomic mass is 9.92. The van der Waals surface area contributed by atoms with E-state index in [1.165, 1.54) is 16.3 Å². The van der Waals surface area contributed by atoms with Crippen LogP contribution < -0.4 is 10.4 Å². The van der Waals surface area contributed by atoms with Gasteiger partial charge in [0, 0.05) is 10.3 Å². The number of nitrogens with zero attached hydrogens (tertiary/aromatic N) is 1. The van der Waals surface area contributed by atoms with Gasteiger partial charge in [-0.3, -0.25) is 15.0 Å². The molecule has 0 radical (unpaired) electrons. The highest BCUT2D eigenvalue weighted by atomic mass is 32.1. The second-order valence-corrected chi connectivity index (χ2v) is 7.51. The third-order valence-electron chi connectivity index (χ3n) is 4.16. The van der Waals surface area contributed by atoms with Crippen molar-refractivity contribution in [1.82, 2.24) is 5.43 Å². The molecule has 2 amide bonds. The van der Waals surface area contributed by atoms with E-state index in [9.17, 15) is 14.7 Å². The Morgan fingerprint density at radius 3 is 2.27 bits per heavy atom. The number of hydrazine groups is 1. The Morgan fingerprint density at radius 2 is 1.77 bits per heavy atom. The van der Waals surface area contributed by atoms with Crippen molar-refractivity contribution < 1.29 is 14.7 Å². The van der Waals surface area contributed by atoms with Crippen molar-refractivity contribution in [3.05, 3.63) is 52.2 Å². The van der Waals surface area contributed by atoms with Crippen molar-refractivity contribution in [2.24, 2.45) is 0 Å². The first-order valence-corrected chi connectivity index (χ1v) is 9.77. The van der Waals surface area contributed by atoms with Crippen molar-refractivity contribution >= 4 is 28.8 Å². The molecule has 5 nitrogen and oxygen atoms in total. The van der Waals surface area contributed by atoms with Crippen molar-refractivity contribution in [3.63, 3.8) is 0 Å². The maximum absolute atomic E-state index is 13.0. The van der Waals surface area contributed by atoms with Gasteiger partial charge < -0.3 is 5.11 Å². The zero-order valence-electron chi connectivity index (χ0n) is 15.5. The molecule has 0 aliphatic heterocycles. The summed E-state index contributed by atoms with van der Waals surface area (Å²) in [6, 6.07) is 10.7. The van der Waals surface area contributed by atoms with Crippen LogP contribution in [0.2, 0.25) is 0 Å². The number of hydrogen-bond acceptors (Lipinski definition) is 4. The SMILES string of the molecule is CCCC(O)(CCC)C(=O)NN(C(=O)c1csc(C)c1)c1ccccc1. The van der Waals surface area contributed by atoms with Crippen molar-refractivity contribution in [2.75, 3.05) is 5.01 Å². The molecule has 0 aliphatic carbocycles. The highest BCUT2D eigenvalue weighted by Crippen LogP contribution is 2.23. The highest BCUT2D eigenvalue weighted by molar-refractivity contribution is 7.10. The Hall–Kier alpha value is -2.18. The predicted octanol–water partition coefficient (Wildman–Crippen LogP) is 4.07. The van der Waals surface area contributed by atoms with Gasteiger partial charge in [0.25, 0.3) is 11.8 Å². The molecule has 0 aliphatic rings. The monoisotopic (exact) mass is 374 g/mol. The van der Waals surface area contributed by atoms with Crippen LogP contribution >= 0.6 is 11.3 Å². The number of anilines is 1. The number of benzene rings is 1. The molecule has 6 heteroatoms. The topological polar surface area (TPSA) is 69.6 Å². The number of hydrogen-bond donors (Lipinski definition) is 2. The number of thiophene rings is 1. The van der Waals surface area contributed by atoms with Crippen LogP contribution in [0.25, 0.3) is 0 Å².